The third-order valence-corrected chi connectivity index (χ3v) is 5.86. The molecule has 32 heavy (non-hydrogen) atoms. The molecular weight excluding hydrogens is 420 g/mol. The Morgan fingerprint density at radius 3 is 2.19 bits per heavy atom. The number of phenols is 1. The zero-order chi connectivity index (χ0) is 23.1. The van der Waals surface area contributed by atoms with E-state index in [0.29, 0.717) is 0 Å². The van der Waals surface area contributed by atoms with Crippen molar-refractivity contribution in [1.82, 2.24) is 5.32 Å². The number of hydrogen-bond acceptors (Lipinski definition) is 9. The Hall–Kier alpha value is -3.66. The molecule has 0 bridgehead atoms. The van der Waals surface area contributed by atoms with Crippen LogP contribution < -0.4 is 10.1 Å². The van der Waals surface area contributed by atoms with E-state index in [9.17, 15) is 24.8 Å². The molecule has 1 saturated heterocycles. The van der Waals surface area contributed by atoms with Crippen LogP contribution in [0.15, 0.2) is 48.5 Å². The predicted molar refractivity (Wildman–Crippen MR) is 110 cm³/mol. The number of fused-ring (bicyclic) bond motifs is 3. The summed E-state index contributed by atoms with van der Waals surface area (Å²) in [5, 5.41) is 26.0. The van der Waals surface area contributed by atoms with Crippen LogP contribution in [0.2, 0.25) is 0 Å². The Labute approximate surface area is 183 Å². The molecule has 0 radical (unpaired) electrons. The highest BCUT2D eigenvalue weighted by molar-refractivity contribution is 6.07. The van der Waals surface area contributed by atoms with E-state index in [4.69, 9.17) is 14.2 Å². The number of nitrogens with one attached hydrogen (secondary N) is 1. The average Bonchev–Trinajstić information content (AvgIpc) is 3.27. The van der Waals surface area contributed by atoms with E-state index in [2.05, 4.69) is 5.32 Å². The average molecular weight is 442 g/mol. The molecule has 0 spiro atoms. The summed E-state index contributed by atoms with van der Waals surface area (Å²) < 4.78 is 16.4. The Kier molecular flexibility index (Phi) is 5.25. The summed E-state index contributed by atoms with van der Waals surface area (Å²) in [6.07, 6.45) is 0. The molecule has 2 N–H and O–H groups in total. The van der Waals surface area contributed by atoms with Crippen molar-refractivity contribution < 1.29 is 33.8 Å². The Morgan fingerprint density at radius 1 is 1.06 bits per heavy atom. The lowest BCUT2D eigenvalue weighted by atomic mass is 9.76. The maximum absolute atomic E-state index is 13.3. The van der Waals surface area contributed by atoms with Crippen molar-refractivity contribution in [1.29, 1.82) is 0 Å². The number of hydrogen-bond donors (Lipinski definition) is 2. The highest BCUT2D eigenvalue weighted by Gasteiger charge is 2.82. The fourth-order valence-corrected chi connectivity index (χ4v) is 4.66. The van der Waals surface area contributed by atoms with E-state index in [1.54, 1.807) is 44.2 Å². The molecule has 2 aliphatic rings. The molecule has 2 heterocycles. The number of benzene rings is 2. The van der Waals surface area contributed by atoms with Gasteiger partial charge >= 0.3 is 17.7 Å². The number of rotatable bonds is 6. The molecule has 0 aliphatic carbocycles. The Bertz CT molecular complexity index is 1070. The highest BCUT2D eigenvalue weighted by Crippen LogP contribution is 2.61. The Balaban J connectivity index is 2.05. The fourth-order valence-electron chi connectivity index (χ4n) is 4.66. The molecule has 2 aliphatic heterocycles. The first-order valence-corrected chi connectivity index (χ1v) is 10.2. The van der Waals surface area contributed by atoms with E-state index in [1.165, 1.54) is 18.2 Å². The van der Waals surface area contributed by atoms with Crippen LogP contribution in [-0.2, 0) is 19.1 Å². The van der Waals surface area contributed by atoms with Crippen molar-refractivity contribution in [3.8, 4) is 11.5 Å². The van der Waals surface area contributed by atoms with Gasteiger partial charge in [0.1, 0.15) is 23.5 Å². The normalized spacial score (nSPS) is 24.7. The van der Waals surface area contributed by atoms with Gasteiger partial charge in [-0.05, 0) is 26.0 Å². The summed E-state index contributed by atoms with van der Waals surface area (Å²) in [4.78, 5) is 38.7. The van der Waals surface area contributed by atoms with Crippen molar-refractivity contribution in [2.45, 2.75) is 37.1 Å². The summed E-state index contributed by atoms with van der Waals surface area (Å²) in [6.45, 7) is 2.99. The first kappa shape index (κ1) is 21.6. The number of carbonyl (C=O) groups is 2. The highest BCUT2D eigenvalue weighted by atomic mass is 16.7. The summed E-state index contributed by atoms with van der Waals surface area (Å²) in [5.41, 5.74) is -4.23. The van der Waals surface area contributed by atoms with E-state index in [0.717, 1.165) is 0 Å². The largest absolute Gasteiger partial charge is 0.508 e. The zero-order valence-electron chi connectivity index (χ0n) is 17.4. The number of esters is 2. The van der Waals surface area contributed by atoms with Crippen LogP contribution >= 0.6 is 0 Å². The van der Waals surface area contributed by atoms with Gasteiger partial charge in [-0.1, -0.05) is 36.4 Å². The first-order valence-electron chi connectivity index (χ1n) is 10.2. The van der Waals surface area contributed by atoms with E-state index < -0.39 is 40.1 Å². The molecule has 0 unspecified atom stereocenters. The van der Waals surface area contributed by atoms with Gasteiger partial charge in [0, 0.05) is 11.1 Å². The lowest BCUT2D eigenvalue weighted by Gasteiger charge is -2.29. The molecule has 1 fully saturated rings. The third-order valence-electron chi connectivity index (χ3n) is 5.86. The minimum absolute atomic E-state index is 0.0659. The van der Waals surface area contributed by atoms with Crippen molar-refractivity contribution in [3.05, 3.63) is 69.8 Å². The fraction of sp³-hybridized carbons (Fsp3) is 0.364. The maximum Gasteiger partial charge on any atom is 0.392 e. The first-order chi connectivity index (χ1) is 15.3. The number of nitro groups is 1. The van der Waals surface area contributed by atoms with Crippen LogP contribution in [0.3, 0.4) is 0 Å². The second-order valence-corrected chi connectivity index (χ2v) is 7.47. The van der Waals surface area contributed by atoms with Gasteiger partial charge in [0.25, 0.3) is 0 Å². The van der Waals surface area contributed by atoms with E-state index in [-0.39, 0.29) is 35.8 Å². The molecule has 2 aromatic carbocycles. The SMILES string of the molecule is CCOC(=O)C1(C(=O)OCC)N[C@H](c2ccccc2O)[C@]2([N+](=O)[O-])Oc3ccccc3[C@H]12. The van der Waals surface area contributed by atoms with Gasteiger partial charge in [-0.15, -0.1) is 0 Å². The Morgan fingerprint density at radius 2 is 1.62 bits per heavy atom. The molecule has 3 atom stereocenters. The number of nitrogens with zero attached hydrogens (tertiary/aromatic N) is 1. The van der Waals surface area contributed by atoms with Crippen LogP contribution in [0.25, 0.3) is 0 Å². The van der Waals surface area contributed by atoms with Gasteiger partial charge in [0.05, 0.1) is 18.1 Å². The van der Waals surface area contributed by atoms with E-state index in [1.807, 2.05) is 0 Å². The number of ether oxygens (including phenoxy) is 3. The van der Waals surface area contributed by atoms with Crippen LogP contribution in [0, 0.1) is 10.1 Å². The molecular formula is C22H22N2O8. The number of aromatic hydroxyl groups is 1. The van der Waals surface area contributed by atoms with Gasteiger partial charge in [0.15, 0.2) is 0 Å². The van der Waals surface area contributed by atoms with E-state index >= 15 is 0 Å². The van der Waals surface area contributed by atoms with Gasteiger partial charge in [-0.3, -0.25) is 15.4 Å². The molecule has 2 aromatic rings. The molecule has 0 saturated carbocycles. The molecule has 4 rings (SSSR count). The quantitative estimate of drug-likeness (QED) is 0.298. The summed E-state index contributed by atoms with van der Waals surface area (Å²) in [5.74, 6) is -3.56. The summed E-state index contributed by atoms with van der Waals surface area (Å²) in [6, 6.07) is 10.9. The second kappa shape index (κ2) is 7.79. The van der Waals surface area contributed by atoms with Crippen LogP contribution in [0.5, 0.6) is 11.5 Å². The molecule has 10 nitrogen and oxygen atoms in total. The van der Waals surface area contributed by atoms with Gasteiger partial charge < -0.3 is 19.3 Å². The maximum atomic E-state index is 13.3. The third kappa shape index (κ3) is 2.76. The monoisotopic (exact) mass is 442 g/mol. The van der Waals surface area contributed by atoms with Crippen LogP contribution in [0.4, 0.5) is 0 Å². The topological polar surface area (TPSA) is 137 Å². The van der Waals surface area contributed by atoms with Gasteiger partial charge in [-0.25, -0.2) is 9.59 Å². The molecule has 0 amide bonds. The number of para-hydroxylation sites is 2. The zero-order valence-corrected chi connectivity index (χ0v) is 17.4. The van der Waals surface area contributed by atoms with Crippen LogP contribution in [0.1, 0.15) is 36.9 Å². The number of phenolic OH excluding ortho intramolecular Hbond substituents is 1. The standard InChI is InChI=1S/C22H22N2O8/c1-3-30-19(26)21(20(27)31-4-2)17-14-10-6-8-12-16(14)32-22(17,24(28)29)18(23-21)13-9-5-7-11-15(13)25/h5-12,17-18,23,25H,3-4H2,1-2H3/t17-,18-,22-/m1/s1. The molecule has 168 valence electrons. The number of carbonyl (C=O) groups excluding carboxylic acids is 2. The van der Waals surface area contributed by atoms with Gasteiger partial charge in [-0.2, -0.15) is 0 Å². The van der Waals surface area contributed by atoms with Gasteiger partial charge in [0.2, 0.25) is 5.54 Å². The molecule has 10 heteroatoms. The molecule has 0 aromatic heterocycles. The lowest BCUT2D eigenvalue weighted by molar-refractivity contribution is -0.619. The van der Waals surface area contributed by atoms with Crippen LogP contribution in [-0.4, -0.2) is 46.4 Å². The predicted octanol–water partition coefficient (Wildman–Crippen LogP) is 2.05. The lowest BCUT2D eigenvalue weighted by Crippen LogP contribution is -2.60. The smallest absolute Gasteiger partial charge is 0.392 e. The second-order valence-electron chi connectivity index (χ2n) is 7.47. The van der Waals surface area contributed by atoms with Crippen molar-refractivity contribution in [2.75, 3.05) is 13.2 Å². The minimum atomic E-state index is -2.33. The summed E-state index contributed by atoms with van der Waals surface area (Å²) >= 11 is 0. The van der Waals surface area contributed by atoms with Crippen molar-refractivity contribution >= 4 is 11.9 Å². The van der Waals surface area contributed by atoms with Crippen molar-refractivity contribution in [2.24, 2.45) is 0 Å². The summed E-state index contributed by atoms with van der Waals surface area (Å²) in [7, 11) is 0. The van der Waals surface area contributed by atoms with Crippen molar-refractivity contribution in [3.63, 3.8) is 0 Å². The minimum Gasteiger partial charge on any atom is -0.508 e.